The quantitative estimate of drug-likeness (QED) is 0.613. The third-order valence-corrected chi connectivity index (χ3v) is 6.85. The summed E-state index contributed by atoms with van der Waals surface area (Å²) in [6.45, 7) is 0.788. The lowest BCUT2D eigenvalue weighted by Crippen LogP contribution is -2.40. The van der Waals surface area contributed by atoms with Gasteiger partial charge in [0.05, 0.1) is 12.1 Å². The van der Waals surface area contributed by atoms with Crippen LogP contribution in [0.15, 0.2) is 60.7 Å². The van der Waals surface area contributed by atoms with Gasteiger partial charge in [0.1, 0.15) is 13.2 Å². The van der Waals surface area contributed by atoms with E-state index in [1.165, 1.54) is 36.1 Å². The number of carbonyl (C=O) groups excluding carboxylic acids is 3. The molecule has 7 heteroatoms. The van der Waals surface area contributed by atoms with Crippen LogP contribution in [-0.4, -0.2) is 48.3 Å². The zero-order valence-electron chi connectivity index (χ0n) is 20.1. The molecular formula is C28H34N2O5. The van der Waals surface area contributed by atoms with Crippen molar-refractivity contribution in [1.82, 2.24) is 10.2 Å². The Labute approximate surface area is 206 Å². The normalized spacial score (nSPS) is 21.7. The fourth-order valence-corrected chi connectivity index (χ4v) is 4.98. The topological polar surface area (TPSA) is 84.9 Å². The molecule has 0 aromatic heterocycles. The number of nitrogens with zero attached hydrogens (tertiary/aromatic N) is 1. The zero-order valence-corrected chi connectivity index (χ0v) is 20.1. The SMILES string of the molecule is O=C(CCC1CCCC1)N1C(=O)OC[C@H]1Cc1ccccc1.O=C1N[C@H](Cc2ccccc2)CO1. The predicted molar refractivity (Wildman–Crippen MR) is 132 cm³/mol. The Balaban J connectivity index is 0.000000189. The number of hydrogen-bond donors (Lipinski definition) is 1. The van der Waals surface area contributed by atoms with E-state index < -0.39 is 6.09 Å². The second-order valence-electron chi connectivity index (χ2n) is 9.50. The van der Waals surface area contributed by atoms with Gasteiger partial charge in [0, 0.05) is 6.42 Å². The number of ether oxygens (including phenoxy) is 2. The molecule has 186 valence electrons. The number of amides is 3. The van der Waals surface area contributed by atoms with Crippen LogP contribution < -0.4 is 5.32 Å². The van der Waals surface area contributed by atoms with Crippen LogP contribution in [0.3, 0.4) is 0 Å². The van der Waals surface area contributed by atoms with Gasteiger partial charge < -0.3 is 14.8 Å². The van der Waals surface area contributed by atoms with Gasteiger partial charge in [-0.25, -0.2) is 14.5 Å². The van der Waals surface area contributed by atoms with E-state index in [9.17, 15) is 14.4 Å². The van der Waals surface area contributed by atoms with Crippen molar-refractivity contribution in [2.24, 2.45) is 5.92 Å². The predicted octanol–water partition coefficient (Wildman–Crippen LogP) is 4.88. The molecule has 0 bridgehead atoms. The summed E-state index contributed by atoms with van der Waals surface area (Å²) < 4.78 is 9.90. The molecule has 1 N–H and O–H groups in total. The van der Waals surface area contributed by atoms with Crippen LogP contribution >= 0.6 is 0 Å². The minimum absolute atomic E-state index is 0.0738. The highest BCUT2D eigenvalue weighted by Gasteiger charge is 2.37. The van der Waals surface area contributed by atoms with E-state index in [0.717, 1.165) is 18.4 Å². The minimum Gasteiger partial charge on any atom is -0.447 e. The van der Waals surface area contributed by atoms with Crippen LogP contribution in [0.4, 0.5) is 9.59 Å². The molecule has 0 unspecified atom stereocenters. The first kappa shape index (κ1) is 24.8. The summed E-state index contributed by atoms with van der Waals surface area (Å²) in [7, 11) is 0. The highest BCUT2D eigenvalue weighted by molar-refractivity contribution is 5.93. The van der Waals surface area contributed by atoms with Gasteiger partial charge in [-0.3, -0.25) is 4.79 Å². The first-order valence-electron chi connectivity index (χ1n) is 12.6. The molecule has 2 saturated heterocycles. The summed E-state index contributed by atoms with van der Waals surface area (Å²) in [6.07, 6.45) is 7.11. The highest BCUT2D eigenvalue weighted by atomic mass is 16.6. The molecule has 0 spiro atoms. The molecule has 2 aromatic rings. The number of hydrogen-bond acceptors (Lipinski definition) is 5. The van der Waals surface area contributed by atoms with E-state index in [2.05, 4.69) is 5.32 Å². The maximum atomic E-state index is 12.4. The molecule has 5 rings (SSSR count). The lowest BCUT2D eigenvalue weighted by molar-refractivity contribution is -0.129. The number of cyclic esters (lactones) is 2. The average molecular weight is 479 g/mol. The molecule has 2 heterocycles. The van der Waals surface area contributed by atoms with Gasteiger partial charge >= 0.3 is 12.2 Å². The van der Waals surface area contributed by atoms with Crippen molar-refractivity contribution in [1.29, 1.82) is 0 Å². The molecule has 0 radical (unpaired) electrons. The van der Waals surface area contributed by atoms with Crippen molar-refractivity contribution in [2.75, 3.05) is 13.2 Å². The molecule has 2 aliphatic heterocycles. The van der Waals surface area contributed by atoms with Crippen LogP contribution in [0.2, 0.25) is 0 Å². The zero-order chi connectivity index (χ0) is 24.5. The van der Waals surface area contributed by atoms with Crippen LogP contribution in [-0.2, 0) is 27.1 Å². The average Bonchev–Trinajstić information content (AvgIpc) is 3.62. The summed E-state index contributed by atoms with van der Waals surface area (Å²) in [5.74, 6) is 0.588. The van der Waals surface area contributed by atoms with Crippen LogP contribution in [0.5, 0.6) is 0 Å². The summed E-state index contributed by atoms with van der Waals surface area (Å²) >= 11 is 0. The van der Waals surface area contributed by atoms with Gasteiger partial charge in [-0.05, 0) is 36.3 Å². The van der Waals surface area contributed by atoms with E-state index in [1.54, 1.807) is 0 Å². The second-order valence-corrected chi connectivity index (χ2v) is 9.50. The van der Waals surface area contributed by atoms with E-state index in [4.69, 9.17) is 9.47 Å². The molecule has 1 aliphatic carbocycles. The molecule has 2 atom stereocenters. The number of alkyl carbamates (subject to hydrolysis) is 1. The Kier molecular flexibility index (Phi) is 8.76. The third kappa shape index (κ3) is 7.31. The van der Waals surface area contributed by atoms with Gasteiger partial charge in [-0.1, -0.05) is 86.3 Å². The first-order valence-corrected chi connectivity index (χ1v) is 12.6. The fraction of sp³-hybridized carbons (Fsp3) is 0.464. The molecule has 3 fully saturated rings. The van der Waals surface area contributed by atoms with Gasteiger partial charge in [0.2, 0.25) is 5.91 Å². The largest absolute Gasteiger partial charge is 0.447 e. The monoisotopic (exact) mass is 478 g/mol. The van der Waals surface area contributed by atoms with Gasteiger partial charge in [-0.2, -0.15) is 0 Å². The Bertz CT molecular complexity index is 975. The molecule has 35 heavy (non-hydrogen) atoms. The number of benzene rings is 2. The number of imide groups is 1. The minimum atomic E-state index is -0.475. The summed E-state index contributed by atoms with van der Waals surface area (Å²) in [5, 5.41) is 2.74. The second kappa shape index (κ2) is 12.4. The standard InChI is InChI=1S/C18H23NO3.C10H11NO2/c20-17(11-10-14-6-4-5-7-14)19-16(13-22-18(19)21)12-15-8-2-1-3-9-15;12-10-11-9(7-13-10)6-8-4-2-1-3-5-8/h1-3,8-9,14,16H,4-7,10-13H2;1-5,9H,6-7H2,(H,11,12)/t16-;9-/m11/s1. The van der Waals surface area contributed by atoms with E-state index in [1.807, 2.05) is 60.7 Å². The van der Waals surface area contributed by atoms with E-state index >= 15 is 0 Å². The number of nitrogens with one attached hydrogen (secondary N) is 1. The van der Waals surface area contributed by atoms with Crippen LogP contribution in [0, 0.1) is 5.92 Å². The molecule has 2 aromatic carbocycles. The Morgan fingerprint density at radius 1 is 0.857 bits per heavy atom. The molecule has 1 saturated carbocycles. The Morgan fingerprint density at radius 3 is 2.09 bits per heavy atom. The maximum absolute atomic E-state index is 12.4. The Hall–Kier alpha value is -3.35. The fourth-order valence-electron chi connectivity index (χ4n) is 4.98. The summed E-state index contributed by atoms with van der Waals surface area (Å²) in [4.78, 5) is 36.4. The van der Waals surface area contributed by atoms with Gasteiger partial charge in [-0.15, -0.1) is 0 Å². The van der Waals surface area contributed by atoms with Crippen LogP contribution in [0.25, 0.3) is 0 Å². The smallest absolute Gasteiger partial charge is 0.416 e. The number of rotatable bonds is 7. The van der Waals surface area contributed by atoms with Gasteiger partial charge in [0.15, 0.2) is 0 Å². The molecule has 3 aliphatic rings. The lowest BCUT2D eigenvalue weighted by Gasteiger charge is -2.20. The highest BCUT2D eigenvalue weighted by Crippen LogP contribution is 2.29. The van der Waals surface area contributed by atoms with Crippen molar-refractivity contribution in [3.8, 4) is 0 Å². The first-order chi connectivity index (χ1) is 17.1. The van der Waals surface area contributed by atoms with E-state index in [-0.39, 0.29) is 24.1 Å². The van der Waals surface area contributed by atoms with Crippen molar-refractivity contribution >= 4 is 18.1 Å². The van der Waals surface area contributed by atoms with Crippen molar-refractivity contribution in [2.45, 2.75) is 63.5 Å². The van der Waals surface area contributed by atoms with Gasteiger partial charge in [0.25, 0.3) is 0 Å². The summed E-state index contributed by atoms with van der Waals surface area (Å²) in [6, 6.07) is 20.0. The summed E-state index contributed by atoms with van der Waals surface area (Å²) in [5.41, 5.74) is 2.35. The third-order valence-electron chi connectivity index (χ3n) is 6.85. The van der Waals surface area contributed by atoms with Crippen molar-refractivity contribution in [3.63, 3.8) is 0 Å². The maximum Gasteiger partial charge on any atom is 0.416 e. The molecule has 7 nitrogen and oxygen atoms in total. The van der Waals surface area contributed by atoms with E-state index in [0.29, 0.717) is 32.0 Å². The lowest BCUT2D eigenvalue weighted by atomic mass is 10.0. The van der Waals surface area contributed by atoms with Crippen LogP contribution in [0.1, 0.15) is 49.7 Å². The molecular weight excluding hydrogens is 444 g/mol. The Morgan fingerprint density at radius 2 is 1.49 bits per heavy atom. The van der Waals surface area contributed by atoms with Crippen molar-refractivity contribution in [3.05, 3.63) is 71.8 Å². The molecule has 3 amide bonds. The number of carbonyl (C=O) groups is 3. The van der Waals surface area contributed by atoms with Crippen molar-refractivity contribution < 1.29 is 23.9 Å².